The van der Waals surface area contributed by atoms with Crippen molar-refractivity contribution >= 4 is 75.9 Å². The van der Waals surface area contributed by atoms with Crippen LogP contribution in [-0.2, 0) is 54.4 Å². The molecule has 2 aromatic rings. The lowest BCUT2D eigenvalue weighted by Crippen LogP contribution is -2.61. The molecule has 0 bridgehead atoms. The number of nitrogens with zero attached hydrogens (tertiary/aromatic N) is 1. The normalized spacial score (nSPS) is 15.5. The Morgan fingerprint density at radius 2 is 0.828 bits per heavy atom. The van der Waals surface area contributed by atoms with Crippen LogP contribution >= 0.6 is 0 Å². The van der Waals surface area contributed by atoms with Gasteiger partial charge in [-0.15, -0.1) is 0 Å². The van der Waals surface area contributed by atoms with E-state index in [1.165, 1.54) is 0 Å². The Kier molecular flexibility index (Phi) is 37.2. The van der Waals surface area contributed by atoms with Crippen LogP contribution < -0.4 is 82.3 Å². The van der Waals surface area contributed by atoms with Gasteiger partial charge in [-0.3, -0.25) is 48.1 Å². The minimum atomic E-state index is -1.41. The number of carboxylic acids is 1. The number of hydrogen-bond donors (Lipinski definition) is 16. The van der Waals surface area contributed by atoms with E-state index in [4.69, 9.17) is 34.4 Å². The van der Waals surface area contributed by atoms with E-state index in [1.807, 2.05) is 77.9 Å². The number of carbonyl (C=O) groups excluding carboxylic acids is 9. The van der Waals surface area contributed by atoms with E-state index in [1.54, 1.807) is 6.07 Å². The Morgan fingerprint density at radius 3 is 1.25 bits per heavy atom. The standard InChI is InChI=1S/C66H112N16O11/c1-40(2)33-51(80-63(90)53(74-56(83)39-70)37-43-19-8-7-9-20-43)61(88)77-47(23-12-15-29-67)58(85)76-50(26-18-32-73-66(71)72)60(87)81-54(38-44-27-28-45-21-10-11-22-46(45)36-44)64(91)78-48(24-13-16-30-68)57(84)75-49(25-14-17-31-69)59(86)79-52(34-41(3)4)62(89)82-55(65(92)93)35-42(5)6/h10-11,21-22,27-28,36,40-43,47-55H,7-9,12-20,23-26,29-35,37-39,67-70H2,1-6H3,(H,74,83)(H,75,84)(H,76,85)(H,77,88)(H,78,91)(H,79,86)(H,80,90)(H,81,87)(H,82,89)(H,92,93)(H4,71,72,73)/t47-,48-,49-,50-,51-,52-,53-,54+,55-/m0/s1. The zero-order valence-electron chi connectivity index (χ0n) is 55.9. The molecule has 3 rings (SSSR count). The molecule has 1 saturated carbocycles. The minimum absolute atomic E-state index is 0.0434. The smallest absolute Gasteiger partial charge is 0.326 e. The number of hydrogen-bond acceptors (Lipinski definition) is 15. The molecule has 9 amide bonds. The molecule has 0 aromatic heterocycles. The molecule has 0 radical (unpaired) electrons. The Bertz CT molecular complexity index is 2720. The molecule has 27 heteroatoms. The van der Waals surface area contributed by atoms with Crippen LogP contribution in [0.4, 0.5) is 0 Å². The largest absolute Gasteiger partial charge is 0.480 e. The summed E-state index contributed by atoms with van der Waals surface area (Å²) in [6.07, 6.45) is 8.38. The third kappa shape index (κ3) is 30.9. The highest BCUT2D eigenvalue weighted by atomic mass is 16.4. The van der Waals surface area contributed by atoms with Gasteiger partial charge in [0, 0.05) is 13.0 Å². The third-order valence-electron chi connectivity index (χ3n) is 16.3. The van der Waals surface area contributed by atoms with Gasteiger partial charge in [0.15, 0.2) is 5.96 Å². The summed E-state index contributed by atoms with van der Waals surface area (Å²) >= 11 is 0. The number of aliphatic imine (C=N–C) groups is 1. The predicted octanol–water partition coefficient (Wildman–Crippen LogP) is 1.34. The molecule has 2 aromatic carbocycles. The number of fused-ring (bicyclic) bond motifs is 1. The molecule has 27 nitrogen and oxygen atoms in total. The Hall–Kier alpha value is -7.49. The first-order chi connectivity index (χ1) is 44.3. The maximum Gasteiger partial charge on any atom is 0.326 e. The fourth-order valence-electron chi connectivity index (χ4n) is 11.4. The van der Waals surface area contributed by atoms with Gasteiger partial charge >= 0.3 is 5.97 Å². The minimum Gasteiger partial charge on any atom is -0.480 e. The Morgan fingerprint density at radius 1 is 0.452 bits per heavy atom. The highest BCUT2D eigenvalue weighted by Gasteiger charge is 2.37. The van der Waals surface area contributed by atoms with Gasteiger partial charge in [-0.05, 0) is 156 Å². The monoisotopic (exact) mass is 1300 g/mol. The number of carboxylic acid groups (broad SMARTS) is 1. The first-order valence-corrected chi connectivity index (χ1v) is 33.6. The second-order valence-corrected chi connectivity index (χ2v) is 26.0. The van der Waals surface area contributed by atoms with Crippen LogP contribution in [0.25, 0.3) is 10.8 Å². The lowest BCUT2D eigenvalue weighted by Gasteiger charge is -2.29. The number of rotatable bonds is 45. The van der Waals surface area contributed by atoms with Gasteiger partial charge in [-0.2, -0.15) is 0 Å². The van der Waals surface area contributed by atoms with Crippen molar-refractivity contribution in [1.29, 1.82) is 0 Å². The molecule has 0 heterocycles. The maximum atomic E-state index is 15.1. The van der Waals surface area contributed by atoms with E-state index in [2.05, 4.69) is 52.8 Å². The van der Waals surface area contributed by atoms with Crippen molar-refractivity contribution in [2.75, 3.05) is 32.7 Å². The molecule has 0 spiro atoms. The van der Waals surface area contributed by atoms with Gasteiger partial charge < -0.3 is 87.4 Å². The average molecular weight is 1310 g/mol. The predicted molar refractivity (Wildman–Crippen MR) is 360 cm³/mol. The van der Waals surface area contributed by atoms with Crippen molar-refractivity contribution in [3.8, 4) is 0 Å². The molecule has 522 valence electrons. The van der Waals surface area contributed by atoms with Crippen molar-refractivity contribution in [3.63, 3.8) is 0 Å². The number of guanidine groups is 1. The summed E-state index contributed by atoms with van der Waals surface area (Å²) in [5, 5.41) is 36.8. The summed E-state index contributed by atoms with van der Waals surface area (Å²) in [6, 6.07) is 1.97. The lowest BCUT2D eigenvalue weighted by atomic mass is 9.84. The van der Waals surface area contributed by atoms with Crippen LogP contribution in [0, 0.1) is 23.7 Å². The summed E-state index contributed by atoms with van der Waals surface area (Å²) in [5.74, 6) is -7.87. The van der Waals surface area contributed by atoms with E-state index in [0.717, 1.165) is 42.9 Å². The van der Waals surface area contributed by atoms with E-state index >= 15 is 9.59 Å². The number of carbonyl (C=O) groups is 10. The molecular formula is C66H112N16O11. The highest BCUT2D eigenvalue weighted by molar-refractivity contribution is 5.98. The zero-order valence-corrected chi connectivity index (χ0v) is 55.9. The number of amides is 9. The fraction of sp³-hybridized carbons (Fsp3) is 0.682. The third-order valence-corrected chi connectivity index (χ3v) is 16.3. The first kappa shape index (κ1) is 79.7. The topological polar surface area (TPSA) is 468 Å². The molecule has 22 N–H and O–H groups in total. The Labute approximate surface area is 549 Å². The molecule has 93 heavy (non-hydrogen) atoms. The number of benzene rings is 2. The van der Waals surface area contributed by atoms with Gasteiger partial charge in [0.1, 0.15) is 54.4 Å². The number of nitrogens with one attached hydrogen (secondary N) is 9. The van der Waals surface area contributed by atoms with Crippen LogP contribution in [0.15, 0.2) is 47.5 Å². The Balaban J connectivity index is 2.07. The molecule has 0 saturated heterocycles. The van der Waals surface area contributed by atoms with Crippen molar-refractivity contribution in [2.45, 2.75) is 231 Å². The van der Waals surface area contributed by atoms with Gasteiger partial charge in [0.2, 0.25) is 53.2 Å². The summed E-state index contributed by atoms with van der Waals surface area (Å²) in [5.41, 5.74) is 35.3. The van der Waals surface area contributed by atoms with E-state index in [9.17, 15) is 43.5 Å². The van der Waals surface area contributed by atoms with Gasteiger partial charge in [-0.25, -0.2) is 4.79 Å². The second-order valence-electron chi connectivity index (χ2n) is 26.0. The van der Waals surface area contributed by atoms with E-state index in [0.29, 0.717) is 50.5 Å². The van der Waals surface area contributed by atoms with Crippen molar-refractivity contribution < 1.29 is 53.1 Å². The van der Waals surface area contributed by atoms with Crippen LogP contribution in [-0.4, -0.2) is 157 Å². The van der Waals surface area contributed by atoms with E-state index in [-0.39, 0.29) is 120 Å². The fourth-order valence-corrected chi connectivity index (χ4v) is 11.4. The lowest BCUT2D eigenvalue weighted by molar-refractivity contribution is -0.143. The molecule has 1 aliphatic rings. The van der Waals surface area contributed by atoms with Crippen molar-refractivity contribution in [2.24, 2.45) is 63.1 Å². The van der Waals surface area contributed by atoms with E-state index < -0.39 is 114 Å². The van der Waals surface area contributed by atoms with Gasteiger partial charge in [-0.1, -0.05) is 116 Å². The number of aliphatic carboxylic acids is 1. The van der Waals surface area contributed by atoms with Crippen molar-refractivity contribution in [1.82, 2.24) is 47.9 Å². The molecular weight excluding hydrogens is 1190 g/mol. The summed E-state index contributed by atoms with van der Waals surface area (Å²) in [4.78, 5) is 145. The number of nitrogens with two attached hydrogens (primary N) is 6. The summed E-state index contributed by atoms with van der Waals surface area (Å²) in [6.45, 7) is 11.6. The zero-order chi connectivity index (χ0) is 69.0. The van der Waals surface area contributed by atoms with Crippen molar-refractivity contribution in [3.05, 3.63) is 48.0 Å². The van der Waals surface area contributed by atoms with Crippen LogP contribution in [0.5, 0.6) is 0 Å². The SMILES string of the molecule is CC(C)C[C@H](NC(=O)[C@H](CC(C)C)NC(=O)[C@H](CCCCN)NC(=O)[C@H](CCCCN)NC(=O)[C@@H](Cc1ccc2ccccc2c1)NC(=O)[C@H](CCCN=C(N)N)NC(=O)[C@H](CCCCN)NC(=O)[C@H](CC(C)C)NC(=O)[C@H](CC1CCCCC1)NC(=O)CN)C(=O)O. The number of unbranched alkanes of at least 4 members (excludes halogenated alkanes) is 3. The summed E-state index contributed by atoms with van der Waals surface area (Å²) in [7, 11) is 0. The van der Waals surface area contributed by atoms with Crippen LogP contribution in [0.1, 0.15) is 176 Å². The maximum absolute atomic E-state index is 15.1. The molecule has 9 atom stereocenters. The first-order valence-electron chi connectivity index (χ1n) is 33.6. The molecule has 1 aliphatic carbocycles. The molecule has 1 fully saturated rings. The second kappa shape index (κ2) is 43.4. The van der Waals surface area contributed by atoms with Gasteiger partial charge in [0.25, 0.3) is 0 Å². The average Bonchev–Trinajstić information content (AvgIpc) is 1.20. The van der Waals surface area contributed by atoms with Crippen LogP contribution in [0.2, 0.25) is 0 Å². The summed E-state index contributed by atoms with van der Waals surface area (Å²) < 4.78 is 0. The quantitative estimate of drug-likeness (QED) is 0.0253. The van der Waals surface area contributed by atoms with Crippen LogP contribution in [0.3, 0.4) is 0 Å². The molecule has 0 unspecified atom stereocenters. The molecule has 0 aliphatic heterocycles. The van der Waals surface area contributed by atoms with Gasteiger partial charge in [0.05, 0.1) is 6.54 Å². The highest BCUT2D eigenvalue weighted by Crippen LogP contribution is 2.28.